The van der Waals surface area contributed by atoms with Gasteiger partial charge >= 0.3 is 0 Å². The minimum atomic E-state index is -0.239. The second-order valence-electron chi connectivity index (χ2n) is 3.95. The van der Waals surface area contributed by atoms with E-state index in [4.69, 9.17) is 14.7 Å². The van der Waals surface area contributed by atoms with E-state index in [1.165, 1.54) is 5.56 Å². The summed E-state index contributed by atoms with van der Waals surface area (Å²) >= 11 is 0. The number of nitrogens with zero attached hydrogens (tertiary/aromatic N) is 1. The molecule has 2 rings (SSSR count). The number of hydrogen-bond acceptors (Lipinski definition) is 3. The highest BCUT2D eigenvalue weighted by Crippen LogP contribution is 2.16. The maximum Gasteiger partial charge on any atom is 0.144 e. The fourth-order valence-electron chi connectivity index (χ4n) is 1.75. The molecule has 0 aliphatic carbocycles. The van der Waals surface area contributed by atoms with Gasteiger partial charge in [0.25, 0.3) is 0 Å². The summed E-state index contributed by atoms with van der Waals surface area (Å²) in [7, 11) is 0. The highest BCUT2D eigenvalue weighted by Gasteiger charge is 2.21. The van der Waals surface area contributed by atoms with E-state index in [1.54, 1.807) is 0 Å². The zero-order chi connectivity index (χ0) is 11.2. The first-order chi connectivity index (χ1) is 7.88. The van der Waals surface area contributed by atoms with E-state index in [0.717, 1.165) is 12.8 Å². The second-order valence-corrected chi connectivity index (χ2v) is 3.95. The van der Waals surface area contributed by atoms with Crippen LogP contribution in [0.4, 0.5) is 0 Å². The lowest BCUT2D eigenvalue weighted by Gasteiger charge is -2.25. The molecule has 0 unspecified atom stereocenters. The summed E-state index contributed by atoms with van der Waals surface area (Å²) in [4.78, 5) is 0. The molecule has 1 fully saturated rings. The number of nitriles is 1. The van der Waals surface area contributed by atoms with Crippen LogP contribution in [0.3, 0.4) is 0 Å². The summed E-state index contributed by atoms with van der Waals surface area (Å²) in [5.74, 6) is 0. The van der Waals surface area contributed by atoms with Crippen LogP contribution in [0.2, 0.25) is 0 Å². The van der Waals surface area contributed by atoms with E-state index in [1.807, 2.05) is 30.3 Å². The van der Waals surface area contributed by atoms with Crippen LogP contribution in [0.15, 0.2) is 30.3 Å². The van der Waals surface area contributed by atoms with Crippen molar-refractivity contribution in [2.75, 3.05) is 6.61 Å². The predicted octanol–water partition coefficient (Wildman–Crippen LogP) is 2.27. The topological polar surface area (TPSA) is 42.2 Å². The van der Waals surface area contributed by atoms with E-state index >= 15 is 0 Å². The van der Waals surface area contributed by atoms with Gasteiger partial charge in [-0.25, -0.2) is 0 Å². The van der Waals surface area contributed by atoms with Gasteiger partial charge in [0.2, 0.25) is 0 Å². The molecule has 0 bridgehead atoms. The number of hydrogen-bond donors (Lipinski definition) is 0. The van der Waals surface area contributed by atoms with Gasteiger partial charge in [0.15, 0.2) is 0 Å². The molecular formula is C13H15NO2. The molecule has 0 aromatic heterocycles. The van der Waals surface area contributed by atoms with Gasteiger partial charge in [-0.15, -0.1) is 0 Å². The molecule has 1 aromatic carbocycles. The van der Waals surface area contributed by atoms with Crippen molar-refractivity contribution in [2.24, 2.45) is 0 Å². The second kappa shape index (κ2) is 5.64. The van der Waals surface area contributed by atoms with Gasteiger partial charge in [-0.05, 0) is 18.4 Å². The van der Waals surface area contributed by atoms with Crippen molar-refractivity contribution in [3.8, 4) is 6.07 Å². The summed E-state index contributed by atoms with van der Waals surface area (Å²) in [5, 5.41) is 8.67. The molecule has 0 saturated carbocycles. The predicted molar refractivity (Wildman–Crippen MR) is 59.6 cm³/mol. The first-order valence-electron chi connectivity index (χ1n) is 5.55. The zero-order valence-corrected chi connectivity index (χ0v) is 9.13. The van der Waals surface area contributed by atoms with Gasteiger partial charge in [0.1, 0.15) is 6.10 Å². The molecule has 0 N–H and O–H groups in total. The third-order valence-electron chi connectivity index (χ3n) is 2.71. The highest BCUT2D eigenvalue weighted by atomic mass is 16.5. The third-order valence-corrected chi connectivity index (χ3v) is 2.71. The number of ether oxygens (including phenoxy) is 2. The molecule has 1 aliphatic rings. The van der Waals surface area contributed by atoms with Gasteiger partial charge in [-0.3, -0.25) is 0 Å². The maximum atomic E-state index is 8.67. The Labute approximate surface area is 95.6 Å². The summed E-state index contributed by atoms with van der Waals surface area (Å²) in [6, 6.07) is 12.2. The SMILES string of the molecule is N#C[C@H]1CC[C@@H](OCc2ccccc2)CO1. The molecule has 0 amide bonds. The lowest BCUT2D eigenvalue weighted by molar-refractivity contribution is -0.0750. The smallest absolute Gasteiger partial charge is 0.144 e. The van der Waals surface area contributed by atoms with Gasteiger partial charge in [-0.2, -0.15) is 5.26 Å². The summed E-state index contributed by atoms with van der Waals surface area (Å²) in [6.45, 7) is 1.15. The first kappa shape index (κ1) is 11.1. The van der Waals surface area contributed by atoms with E-state index in [0.29, 0.717) is 13.2 Å². The molecule has 16 heavy (non-hydrogen) atoms. The van der Waals surface area contributed by atoms with Crippen LogP contribution >= 0.6 is 0 Å². The molecule has 0 spiro atoms. The van der Waals surface area contributed by atoms with Crippen LogP contribution in [0.5, 0.6) is 0 Å². The molecule has 1 aliphatic heterocycles. The monoisotopic (exact) mass is 217 g/mol. The van der Waals surface area contributed by atoms with Crippen molar-refractivity contribution in [3.05, 3.63) is 35.9 Å². The maximum absolute atomic E-state index is 8.67. The zero-order valence-electron chi connectivity index (χ0n) is 9.13. The first-order valence-corrected chi connectivity index (χ1v) is 5.55. The van der Waals surface area contributed by atoms with Gasteiger partial charge in [-0.1, -0.05) is 30.3 Å². The summed E-state index contributed by atoms with van der Waals surface area (Å²) < 4.78 is 11.1. The Morgan fingerprint density at radius 2 is 2.12 bits per heavy atom. The Morgan fingerprint density at radius 1 is 1.31 bits per heavy atom. The molecule has 3 nitrogen and oxygen atoms in total. The van der Waals surface area contributed by atoms with Gasteiger partial charge in [0, 0.05) is 0 Å². The Balaban J connectivity index is 1.74. The Hall–Kier alpha value is -1.37. The molecule has 2 atom stereocenters. The van der Waals surface area contributed by atoms with Gasteiger partial charge < -0.3 is 9.47 Å². The largest absolute Gasteiger partial charge is 0.371 e. The third kappa shape index (κ3) is 3.06. The van der Waals surface area contributed by atoms with Crippen molar-refractivity contribution in [2.45, 2.75) is 31.7 Å². The average Bonchev–Trinajstić information content (AvgIpc) is 2.38. The Morgan fingerprint density at radius 3 is 2.75 bits per heavy atom. The standard InChI is InChI=1S/C13H15NO2/c14-8-12-6-7-13(10-16-12)15-9-11-4-2-1-3-5-11/h1-5,12-13H,6-7,9-10H2/t12-,13-/m1/s1. The summed E-state index contributed by atoms with van der Waals surface area (Å²) in [5.41, 5.74) is 1.17. The highest BCUT2D eigenvalue weighted by molar-refractivity contribution is 5.13. The Kier molecular flexibility index (Phi) is 3.92. The van der Waals surface area contributed by atoms with Crippen molar-refractivity contribution in [1.82, 2.24) is 0 Å². The minimum Gasteiger partial charge on any atom is -0.371 e. The normalized spacial score (nSPS) is 24.9. The van der Waals surface area contributed by atoms with E-state index in [2.05, 4.69) is 6.07 Å². The van der Waals surface area contributed by atoms with Crippen LogP contribution in [0, 0.1) is 11.3 Å². The lowest BCUT2D eigenvalue weighted by Crippen LogP contribution is -2.30. The lowest BCUT2D eigenvalue weighted by atomic mass is 10.1. The van der Waals surface area contributed by atoms with E-state index in [9.17, 15) is 0 Å². The Bertz CT molecular complexity index is 350. The fourth-order valence-corrected chi connectivity index (χ4v) is 1.75. The molecule has 84 valence electrons. The van der Waals surface area contributed by atoms with Crippen molar-refractivity contribution in [3.63, 3.8) is 0 Å². The van der Waals surface area contributed by atoms with Crippen LogP contribution in [-0.4, -0.2) is 18.8 Å². The van der Waals surface area contributed by atoms with Crippen molar-refractivity contribution < 1.29 is 9.47 Å². The van der Waals surface area contributed by atoms with Gasteiger partial charge in [0.05, 0.1) is 25.4 Å². The average molecular weight is 217 g/mol. The quantitative estimate of drug-likeness (QED) is 0.780. The van der Waals surface area contributed by atoms with Crippen LogP contribution < -0.4 is 0 Å². The number of rotatable bonds is 3. The van der Waals surface area contributed by atoms with Crippen LogP contribution in [-0.2, 0) is 16.1 Å². The molecule has 1 heterocycles. The molecule has 1 aromatic rings. The molecule has 1 saturated heterocycles. The van der Waals surface area contributed by atoms with Crippen molar-refractivity contribution >= 4 is 0 Å². The van der Waals surface area contributed by atoms with Crippen LogP contribution in [0.1, 0.15) is 18.4 Å². The van der Waals surface area contributed by atoms with E-state index < -0.39 is 0 Å². The van der Waals surface area contributed by atoms with Crippen LogP contribution in [0.25, 0.3) is 0 Å². The molecular weight excluding hydrogens is 202 g/mol. The van der Waals surface area contributed by atoms with Crippen molar-refractivity contribution in [1.29, 1.82) is 5.26 Å². The molecule has 3 heteroatoms. The fraction of sp³-hybridized carbons (Fsp3) is 0.462. The number of benzene rings is 1. The molecule has 0 radical (unpaired) electrons. The minimum absolute atomic E-state index is 0.129. The van der Waals surface area contributed by atoms with E-state index in [-0.39, 0.29) is 12.2 Å². The summed E-state index contributed by atoms with van der Waals surface area (Å²) in [6.07, 6.45) is 1.57.